The fourth-order valence-corrected chi connectivity index (χ4v) is 3.81. The summed E-state index contributed by atoms with van der Waals surface area (Å²) in [6.45, 7) is 2.38. The molecule has 0 aliphatic heterocycles. The predicted molar refractivity (Wildman–Crippen MR) is 123 cm³/mol. The molecule has 1 heterocycles. The summed E-state index contributed by atoms with van der Waals surface area (Å²) in [7, 11) is 0. The lowest BCUT2D eigenvalue weighted by molar-refractivity contribution is -0.142. The van der Waals surface area contributed by atoms with Gasteiger partial charge < -0.3 is 19.7 Å². The summed E-state index contributed by atoms with van der Waals surface area (Å²) in [5.41, 5.74) is 2.23. The highest BCUT2D eigenvalue weighted by molar-refractivity contribution is 6.36. The molecule has 0 amide bonds. The number of esters is 1. The second kappa shape index (κ2) is 9.24. The first-order valence-corrected chi connectivity index (χ1v) is 10.5. The molecule has 0 radical (unpaired) electrons. The number of nitrogens with zero attached hydrogens (tertiary/aromatic N) is 1. The van der Waals surface area contributed by atoms with Gasteiger partial charge in [0.1, 0.15) is 12.4 Å². The minimum atomic E-state index is -0.315. The van der Waals surface area contributed by atoms with Crippen LogP contribution in [0.25, 0.3) is 16.5 Å². The van der Waals surface area contributed by atoms with Gasteiger partial charge in [-0.1, -0.05) is 54.1 Å². The smallest absolute Gasteiger partial charge is 0.310 e. The molecule has 4 aromatic rings. The van der Waals surface area contributed by atoms with Gasteiger partial charge in [-0.15, -0.1) is 0 Å². The Morgan fingerprint density at radius 1 is 0.906 bits per heavy atom. The highest BCUT2D eigenvalue weighted by Crippen LogP contribution is 2.46. The minimum Gasteiger partial charge on any atom is -0.494 e. The van der Waals surface area contributed by atoms with E-state index in [1.165, 1.54) is 4.57 Å². The lowest BCUT2D eigenvalue weighted by atomic mass is 10.1. The van der Waals surface area contributed by atoms with Crippen LogP contribution in [0.2, 0.25) is 5.02 Å². The summed E-state index contributed by atoms with van der Waals surface area (Å²) in [6.07, 6.45) is 0.142. The van der Waals surface area contributed by atoms with Crippen molar-refractivity contribution in [1.29, 1.82) is 0 Å². The zero-order chi connectivity index (χ0) is 22.7. The molecule has 0 spiro atoms. The third-order valence-electron chi connectivity index (χ3n) is 5.07. The van der Waals surface area contributed by atoms with Gasteiger partial charge >= 0.3 is 5.97 Å². The Balaban J connectivity index is 1.70. The fourth-order valence-electron chi connectivity index (χ4n) is 3.56. The van der Waals surface area contributed by atoms with E-state index in [1.54, 1.807) is 43.3 Å². The molecule has 1 aromatic heterocycles. The SMILES string of the molecule is CCOC(=O)Cc1ccc(-n2c(O)c3c(Cl)ccc(OCc4ccccc4)c3c2O)cc1. The van der Waals surface area contributed by atoms with Crippen LogP contribution in [0.1, 0.15) is 18.1 Å². The van der Waals surface area contributed by atoms with Crippen molar-refractivity contribution in [2.45, 2.75) is 20.0 Å². The summed E-state index contributed by atoms with van der Waals surface area (Å²) in [5.74, 6) is -0.310. The van der Waals surface area contributed by atoms with Crippen LogP contribution in [0, 0.1) is 0 Å². The van der Waals surface area contributed by atoms with Crippen LogP contribution < -0.4 is 4.74 Å². The highest BCUT2D eigenvalue weighted by Gasteiger charge is 2.23. The first-order valence-electron chi connectivity index (χ1n) is 10.2. The Hall–Kier alpha value is -3.64. The molecule has 3 aromatic carbocycles. The van der Waals surface area contributed by atoms with Crippen molar-refractivity contribution in [3.05, 3.63) is 82.9 Å². The number of ether oxygens (including phenoxy) is 2. The van der Waals surface area contributed by atoms with E-state index in [0.29, 0.717) is 35.4 Å². The Bertz CT molecular complexity index is 1250. The van der Waals surface area contributed by atoms with Crippen molar-refractivity contribution in [2.24, 2.45) is 0 Å². The third-order valence-corrected chi connectivity index (χ3v) is 5.39. The molecule has 0 saturated carbocycles. The molecule has 0 aliphatic carbocycles. The van der Waals surface area contributed by atoms with Gasteiger partial charge in [-0.25, -0.2) is 0 Å². The standard InChI is InChI=1S/C25H22ClNO5/c1-2-31-21(28)14-16-8-10-18(11-9-16)27-24(29)22-19(26)12-13-20(23(22)25(27)30)32-15-17-6-4-3-5-7-17/h3-13,29-30H,2,14-15H2,1H3. The van der Waals surface area contributed by atoms with Gasteiger partial charge in [0, 0.05) is 0 Å². The number of aromatic hydroxyl groups is 2. The van der Waals surface area contributed by atoms with E-state index < -0.39 is 0 Å². The Labute approximate surface area is 190 Å². The summed E-state index contributed by atoms with van der Waals surface area (Å²) < 4.78 is 12.2. The molecule has 0 aliphatic rings. The lowest BCUT2D eigenvalue weighted by Crippen LogP contribution is -2.07. The number of hydrogen-bond acceptors (Lipinski definition) is 5. The van der Waals surface area contributed by atoms with Crippen molar-refractivity contribution in [3.8, 4) is 23.2 Å². The second-order valence-corrected chi connectivity index (χ2v) is 7.61. The normalized spacial score (nSPS) is 10.9. The van der Waals surface area contributed by atoms with Crippen LogP contribution in [0.15, 0.2) is 66.7 Å². The van der Waals surface area contributed by atoms with Crippen molar-refractivity contribution in [2.75, 3.05) is 6.61 Å². The van der Waals surface area contributed by atoms with Gasteiger partial charge in [0.15, 0.2) is 0 Å². The molecule has 164 valence electrons. The van der Waals surface area contributed by atoms with Gasteiger partial charge in [-0.05, 0) is 42.3 Å². The maximum atomic E-state index is 11.7. The zero-order valence-corrected chi connectivity index (χ0v) is 18.2. The maximum absolute atomic E-state index is 11.7. The highest BCUT2D eigenvalue weighted by atomic mass is 35.5. The molecule has 0 unspecified atom stereocenters. The van der Waals surface area contributed by atoms with Crippen LogP contribution in [0.5, 0.6) is 17.5 Å². The molecule has 2 N–H and O–H groups in total. The van der Waals surface area contributed by atoms with E-state index in [-0.39, 0.29) is 29.2 Å². The molecular formula is C25H22ClNO5. The largest absolute Gasteiger partial charge is 0.494 e. The van der Waals surface area contributed by atoms with Crippen molar-refractivity contribution >= 4 is 28.3 Å². The molecule has 7 heteroatoms. The average molecular weight is 452 g/mol. The topological polar surface area (TPSA) is 80.9 Å². The molecule has 4 rings (SSSR count). The van der Waals surface area contributed by atoms with E-state index in [4.69, 9.17) is 21.1 Å². The van der Waals surface area contributed by atoms with E-state index in [1.807, 2.05) is 30.3 Å². The molecule has 32 heavy (non-hydrogen) atoms. The average Bonchev–Trinajstić information content (AvgIpc) is 3.06. The van der Waals surface area contributed by atoms with E-state index in [2.05, 4.69) is 0 Å². The maximum Gasteiger partial charge on any atom is 0.310 e. The fraction of sp³-hybridized carbons (Fsp3) is 0.160. The van der Waals surface area contributed by atoms with Crippen molar-refractivity contribution in [3.63, 3.8) is 0 Å². The number of carbonyl (C=O) groups is 1. The molecule has 0 atom stereocenters. The number of carbonyl (C=O) groups excluding carboxylic acids is 1. The Morgan fingerprint density at radius 2 is 1.59 bits per heavy atom. The number of fused-ring (bicyclic) bond motifs is 1. The summed E-state index contributed by atoms with van der Waals surface area (Å²) in [5, 5.41) is 22.8. The van der Waals surface area contributed by atoms with Crippen molar-refractivity contribution in [1.82, 2.24) is 4.57 Å². The second-order valence-electron chi connectivity index (χ2n) is 7.20. The minimum absolute atomic E-state index is 0.142. The monoisotopic (exact) mass is 451 g/mol. The lowest BCUT2D eigenvalue weighted by Gasteiger charge is -2.09. The first-order chi connectivity index (χ1) is 15.5. The van der Waals surface area contributed by atoms with Gasteiger partial charge in [-0.2, -0.15) is 0 Å². The van der Waals surface area contributed by atoms with E-state index >= 15 is 0 Å². The Kier molecular flexibility index (Phi) is 6.23. The zero-order valence-electron chi connectivity index (χ0n) is 17.4. The predicted octanol–water partition coefficient (Wildman–Crippen LogP) is 5.38. The number of aromatic nitrogens is 1. The summed E-state index contributed by atoms with van der Waals surface area (Å²) in [4.78, 5) is 11.7. The van der Waals surface area contributed by atoms with Crippen LogP contribution in [-0.2, 0) is 22.6 Å². The molecule has 0 bridgehead atoms. The van der Waals surface area contributed by atoms with Crippen LogP contribution in [-0.4, -0.2) is 27.4 Å². The summed E-state index contributed by atoms with van der Waals surface area (Å²) >= 11 is 6.35. The van der Waals surface area contributed by atoms with E-state index in [0.717, 1.165) is 11.1 Å². The number of hydrogen-bond donors (Lipinski definition) is 2. The number of benzene rings is 3. The number of halogens is 1. The van der Waals surface area contributed by atoms with Crippen LogP contribution >= 0.6 is 11.6 Å². The van der Waals surface area contributed by atoms with Gasteiger partial charge in [0.25, 0.3) is 0 Å². The van der Waals surface area contributed by atoms with Gasteiger partial charge in [0.2, 0.25) is 11.8 Å². The Morgan fingerprint density at radius 3 is 2.28 bits per heavy atom. The quantitative estimate of drug-likeness (QED) is 0.369. The third kappa shape index (κ3) is 4.22. The first kappa shape index (κ1) is 21.6. The molecule has 0 fully saturated rings. The van der Waals surface area contributed by atoms with Crippen molar-refractivity contribution < 1.29 is 24.5 Å². The molecule has 0 saturated heterocycles. The summed E-state index contributed by atoms with van der Waals surface area (Å²) in [6, 6.07) is 19.8. The van der Waals surface area contributed by atoms with Gasteiger partial charge in [0.05, 0.1) is 34.5 Å². The van der Waals surface area contributed by atoms with Crippen LogP contribution in [0.3, 0.4) is 0 Å². The number of rotatable bonds is 7. The molecule has 6 nitrogen and oxygen atoms in total. The van der Waals surface area contributed by atoms with Gasteiger partial charge in [-0.3, -0.25) is 9.36 Å². The van der Waals surface area contributed by atoms with Crippen LogP contribution in [0.4, 0.5) is 0 Å². The van der Waals surface area contributed by atoms with E-state index in [9.17, 15) is 15.0 Å². The molecular weight excluding hydrogens is 430 g/mol.